The van der Waals surface area contributed by atoms with Crippen molar-refractivity contribution in [2.75, 3.05) is 13.7 Å². The van der Waals surface area contributed by atoms with Crippen LogP contribution in [0.25, 0.3) is 11.8 Å². The van der Waals surface area contributed by atoms with E-state index in [0.717, 1.165) is 34.8 Å². The minimum absolute atomic E-state index is 0.175. The van der Waals surface area contributed by atoms with Crippen molar-refractivity contribution in [1.82, 2.24) is 4.57 Å². The van der Waals surface area contributed by atoms with Crippen molar-refractivity contribution in [2.24, 2.45) is 4.99 Å². The van der Waals surface area contributed by atoms with Gasteiger partial charge < -0.3 is 14.2 Å². The molecule has 1 atom stereocenters. The highest BCUT2D eigenvalue weighted by molar-refractivity contribution is 14.1. The van der Waals surface area contributed by atoms with E-state index >= 15 is 0 Å². The van der Waals surface area contributed by atoms with Crippen molar-refractivity contribution >= 4 is 83.5 Å². The zero-order valence-electron chi connectivity index (χ0n) is 25.2. The van der Waals surface area contributed by atoms with Crippen LogP contribution in [-0.2, 0) is 16.1 Å². The molecule has 4 aromatic carbocycles. The summed E-state index contributed by atoms with van der Waals surface area (Å²) in [6.45, 7) is 2.29. The lowest BCUT2D eigenvalue weighted by atomic mass is 9.93. The van der Waals surface area contributed by atoms with Gasteiger partial charge in [-0.05, 0) is 83.1 Å². The molecule has 1 aliphatic rings. The van der Waals surface area contributed by atoms with Crippen molar-refractivity contribution in [3.05, 3.63) is 151 Å². The van der Waals surface area contributed by atoms with E-state index in [1.165, 1.54) is 11.3 Å². The van der Waals surface area contributed by atoms with Crippen LogP contribution >= 0.6 is 65.8 Å². The highest BCUT2D eigenvalue weighted by Crippen LogP contribution is 2.36. The minimum atomic E-state index is -0.788. The summed E-state index contributed by atoms with van der Waals surface area (Å²) in [5, 5.41) is 0. The quantitative estimate of drug-likeness (QED) is 0.112. The Labute approximate surface area is 305 Å². The summed E-state index contributed by atoms with van der Waals surface area (Å²) in [6.07, 6.45) is 1.83. The van der Waals surface area contributed by atoms with Crippen LogP contribution in [0, 0.1) is 3.57 Å². The fourth-order valence-corrected chi connectivity index (χ4v) is 8.22. The van der Waals surface area contributed by atoms with E-state index < -0.39 is 12.0 Å². The molecule has 47 heavy (non-hydrogen) atoms. The van der Waals surface area contributed by atoms with E-state index in [2.05, 4.69) is 54.5 Å². The maximum Gasteiger partial charge on any atom is 0.338 e. The fourth-order valence-electron chi connectivity index (χ4n) is 5.26. The Kier molecular flexibility index (Phi) is 10.5. The number of carbonyl (C=O) groups excluding carboxylic acids is 1. The Bertz CT molecular complexity index is 2160. The Hall–Kier alpha value is -3.52. The lowest BCUT2D eigenvalue weighted by Gasteiger charge is -2.26. The third-order valence-electron chi connectivity index (χ3n) is 7.43. The fraction of sp³-hybridized carbons (Fsp3) is 0.139. The molecular weight excluding hydrogens is 859 g/mol. The largest absolute Gasteiger partial charge is 0.497 e. The van der Waals surface area contributed by atoms with Crippen LogP contribution in [0.2, 0.25) is 0 Å². The van der Waals surface area contributed by atoms with Crippen molar-refractivity contribution < 1.29 is 19.0 Å². The molecule has 0 unspecified atom stereocenters. The van der Waals surface area contributed by atoms with Crippen molar-refractivity contribution in [3.8, 4) is 11.5 Å². The predicted octanol–water partition coefficient (Wildman–Crippen LogP) is 7.65. The molecular formula is C36H27Br2IN2O5S. The number of aromatic nitrogens is 1. The van der Waals surface area contributed by atoms with Gasteiger partial charge in [-0.15, -0.1) is 0 Å². The first kappa shape index (κ1) is 33.4. The number of rotatable bonds is 9. The lowest BCUT2D eigenvalue weighted by molar-refractivity contribution is -0.138. The van der Waals surface area contributed by atoms with Crippen LogP contribution in [0.1, 0.15) is 35.2 Å². The number of hydrogen-bond donors (Lipinski definition) is 0. The van der Waals surface area contributed by atoms with Gasteiger partial charge in [0, 0.05) is 20.1 Å². The summed E-state index contributed by atoms with van der Waals surface area (Å²) in [6, 6.07) is 27.9. The average Bonchev–Trinajstić information content (AvgIpc) is 3.38. The van der Waals surface area contributed by atoms with Gasteiger partial charge in [0.1, 0.15) is 18.1 Å². The number of thiazole rings is 1. The molecule has 0 saturated heterocycles. The standard InChI is InChI=1S/C36H27Br2IN2O5S/c1-3-45-35(43)30-31(22-7-5-4-6-8-22)40-36-41(32(30)23-11-15-27(44-2)16-12-23)34(42)29(47-36)18-24-17-26(38)19-28(39)33(24)46-20-21-9-13-25(37)14-10-21/h4-19,32H,3,20H2,1-2H3/b29-18-/t32-/m1/s1. The third kappa shape index (κ3) is 7.18. The predicted molar refractivity (Wildman–Crippen MR) is 199 cm³/mol. The van der Waals surface area contributed by atoms with Crippen LogP contribution in [-0.4, -0.2) is 24.3 Å². The first-order chi connectivity index (χ1) is 22.8. The summed E-state index contributed by atoms with van der Waals surface area (Å²) in [5.41, 5.74) is 3.69. The molecule has 0 N–H and O–H groups in total. The summed E-state index contributed by atoms with van der Waals surface area (Å²) in [5.74, 6) is 0.785. The van der Waals surface area contributed by atoms with E-state index in [1.807, 2.05) is 97.1 Å². The van der Waals surface area contributed by atoms with Gasteiger partial charge >= 0.3 is 5.97 Å². The highest BCUT2D eigenvalue weighted by Gasteiger charge is 2.35. The Morgan fingerprint density at radius 2 is 1.72 bits per heavy atom. The summed E-state index contributed by atoms with van der Waals surface area (Å²) >= 11 is 10.6. The Balaban J connectivity index is 1.55. The zero-order chi connectivity index (χ0) is 33.1. The average molecular weight is 886 g/mol. The molecule has 238 valence electrons. The summed E-state index contributed by atoms with van der Waals surface area (Å²) in [7, 11) is 1.59. The van der Waals surface area contributed by atoms with Gasteiger partial charge in [0.05, 0.1) is 39.1 Å². The van der Waals surface area contributed by atoms with Gasteiger partial charge in [-0.3, -0.25) is 9.36 Å². The number of esters is 1. The topological polar surface area (TPSA) is 79.1 Å². The first-order valence-corrected chi connectivity index (χ1v) is 18.0. The maximum absolute atomic E-state index is 14.4. The molecule has 1 aliphatic heterocycles. The molecule has 2 heterocycles. The molecule has 7 nitrogen and oxygen atoms in total. The number of halogens is 3. The molecule has 0 bridgehead atoms. The summed E-state index contributed by atoms with van der Waals surface area (Å²) < 4.78 is 22.1. The molecule has 5 aromatic rings. The van der Waals surface area contributed by atoms with E-state index in [4.69, 9.17) is 19.2 Å². The number of carbonyl (C=O) groups is 1. The second-order valence-electron chi connectivity index (χ2n) is 10.4. The molecule has 0 saturated carbocycles. The van der Waals surface area contributed by atoms with Gasteiger partial charge in [0.15, 0.2) is 4.80 Å². The van der Waals surface area contributed by atoms with E-state index in [9.17, 15) is 9.59 Å². The van der Waals surface area contributed by atoms with Crippen LogP contribution in [0.3, 0.4) is 0 Å². The first-order valence-electron chi connectivity index (χ1n) is 14.6. The number of benzene rings is 4. The Morgan fingerprint density at radius 3 is 2.40 bits per heavy atom. The molecule has 1 aromatic heterocycles. The van der Waals surface area contributed by atoms with Gasteiger partial charge in [-0.2, -0.15) is 0 Å². The number of fused-ring (bicyclic) bond motifs is 1. The molecule has 0 spiro atoms. The highest BCUT2D eigenvalue weighted by atomic mass is 127. The number of methoxy groups -OCH3 is 1. The van der Waals surface area contributed by atoms with E-state index in [1.54, 1.807) is 18.6 Å². The smallest absolute Gasteiger partial charge is 0.338 e. The number of hydrogen-bond acceptors (Lipinski definition) is 7. The van der Waals surface area contributed by atoms with Crippen LogP contribution in [0.5, 0.6) is 11.5 Å². The van der Waals surface area contributed by atoms with Crippen molar-refractivity contribution in [1.29, 1.82) is 0 Å². The molecule has 0 radical (unpaired) electrons. The molecule has 6 rings (SSSR count). The van der Waals surface area contributed by atoms with Crippen molar-refractivity contribution in [2.45, 2.75) is 19.6 Å². The van der Waals surface area contributed by atoms with Crippen LogP contribution < -0.4 is 24.4 Å². The lowest BCUT2D eigenvalue weighted by Crippen LogP contribution is -2.40. The van der Waals surface area contributed by atoms with Gasteiger partial charge in [0.25, 0.3) is 5.56 Å². The monoisotopic (exact) mass is 884 g/mol. The SMILES string of the molecule is CCOC(=O)C1=C(c2ccccc2)N=c2s/c(=C\c3cc(Br)cc(I)c3OCc3ccc(Br)cc3)c(=O)n2[C@@H]1c1ccc(OC)cc1. The second-order valence-corrected chi connectivity index (χ2v) is 14.4. The maximum atomic E-state index is 14.4. The van der Waals surface area contributed by atoms with Gasteiger partial charge in [-0.1, -0.05) is 97.8 Å². The second kappa shape index (κ2) is 14.7. The van der Waals surface area contributed by atoms with Crippen LogP contribution in [0.4, 0.5) is 0 Å². The molecule has 0 fully saturated rings. The summed E-state index contributed by atoms with van der Waals surface area (Å²) in [4.78, 5) is 33.5. The Morgan fingerprint density at radius 1 is 1.00 bits per heavy atom. The molecule has 11 heteroatoms. The van der Waals surface area contributed by atoms with Gasteiger partial charge in [0.2, 0.25) is 0 Å². The van der Waals surface area contributed by atoms with E-state index in [-0.39, 0.29) is 17.7 Å². The van der Waals surface area contributed by atoms with E-state index in [0.29, 0.717) is 33.1 Å². The third-order valence-corrected chi connectivity index (χ3v) is 10.2. The normalized spacial score (nSPS) is 14.4. The zero-order valence-corrected chi connectivity index (χ0v) is 31.4. The molecule has 0 aliphatic carbocycles. The number of nitrogens with zero attached hydrogens (tertiary/aromatic N) is 2. The molecule has 0 amide bonds. The van der Waals surface area contributed by atoms with Crippen molar-refractivity contribution in [3.63, 3.8) is 0 Å². The minimum Gasteiger partial charge on any atom is -0.497 e. The number of ether oxygens (including phenoxy) is 3. The van der Waals surface area contributed by atoms with Gasteiger partial charge in [-0.25, -0.2) is 9.79 Å². The van der Waals surface area contributed by atoms with Crippen LogP contribution in [0.15, 0.2) is 115 Å².